The topological polar surface area (TPSA) is 191 Å². The number of aromatic nitrogens is 1. The third-order valence-corrected chi connectivity index (χ3v) is 13.9. The lowest BCUT2D eigenvalue weighted by molar-refractivity contribution is -0.142. The molecule has 2 aromatic carbocycles. The van der Waals surface area contributed by atoms with Gasteiger partial charge in [-0.05, 0) is 151 Å². The lowest BCUT2D eigenvalue weighted by atomic mass is 9.87. The van der Waals surface area contributed by atoms with Crippen LogP contribution in [0.5, 0.6) is 17.4 Å². The number of fused-ring (bicyclic) bond motifs is 3. The van der Waals surface area contributed by atoms with Crippen molar-refractivity contribution in [3.05, 3.63) is 74.4 Å². The Hall–Kier alpha value is -5.68. The Labute approximate surface area is 435 Å². The quantitative estimate of drug-likeness (QED) is 0.0143. The van der Waals surface area contributed by atoms with Gasteiger partial charge in [0, 0.05) is 48.3 Å². The molecule has 0 aliphatic heterocycles. The molecule has 0 radical (unpaired) electrons. The molecule has 3 aromatic rings. The molecule has 1 aromatic heterocycles. The van der Waals surface area contributed by atoms with E-state index in [9.17, 15) is 24.0 Å². The zero-order chi connectivity index (χ0) is 52.3. The summed E-state index contributed by atoms with van der Waals surface area (Å²) in [6.07, 6.45) is 19.9. The first-order valence-corrected chi connectivity index (χ1v) is 26.9. The standard InChI is InChI=1S/C58H77NO15/c1-4-53(60)69-33-13-9-7-11-31-66-43-19-15-41(16-20-43)57(63)73-47-27-29-49-50-30-28-48(74-58(64)42-17-21-44(22-18-42)67-32-12-8-10-14-34-70-54(61)5-2)40-52(50)59-56(51(49)39-47)72-46-25-23-45(24-26-46)68-37-35-65-36-38-71-55(62)6-3/h4-6,27-30,39-46H,1-3,7-26,31-38H2. The van der Waals surface area contributed by atoms with Crippen LogP contribution in [0.1, 0.15) is 128 Å². The first-order valence-electron chi connectivity index (χ1n) is 26.9. The van der Waals surface area contributed by atoms with Crippen LogP contribution in [0.2, 0.25) is 0 Å². The molecule has 3 saturated carbocycles. The van der Waals surface area contributed by atoms with E-state index in [4.69, 9.17) is 52.4 Å². The SMILES string of the molecule is C=CC(=O)OCCCCCCOC1CCC(C(=O)Oc2ccc3c(c2)nc(OC2CCC(OCCOCCOC(=O)C=C)CC2)c2cc(OC(=O)C4CCC(OCCCCCCOC(=O)C=C)CC4)ccc23)CC1. The van der Waals surface area contributed by atoms with Gasteiger partial charge < -0.3 is 47.4 Å². The van der Waals surface area contributed by atoms with E-state index in [0.29, 0.717) is 93.6 Å². The summed E-state index contributed by atoms with van der Waals surface area (Å²) in [4.78, 5) is 65.8. The molecule has 0 atom stereocenters. The van der Waals surface area contributed by atoms with E-state index in [1.165, 1.54) is 12.2 Å². The van der Waals surface area contributed by atoms with E-state index in [-0.39, 0.29) is 61.4 Å². The Morgan fingerprint density at radius 1 is 0.446 bits per heavy atom. The predicted octanol–water partition coefficient (Wildman–Crippen LogP) is 10.4. The van der Waals surface area contributed by atoms with Crippen molar-refractivity contribution < 1.29 is 71.3 Å². The number of pyridine rings is 1. The van der Waals surface area contributed by atoms with Gasteiger partial charge in [-0.2, -0.15) is 0 Å². The van der Waals surface area contributed by atoms with Gasteiger partial charge >= 0.3 is 29.8 Å². The van der Waals surface area contributed by atoms with Crippen LogP contribution in [0.4, 0.5) is 0 Å². The number of hydrogen-bond acceptors (Lipinski definition) is 16. The minimum atomic E-state index is -0.483. The van der Waals surface area contributed by atoms with Gasteiger partial charge in [0.15, 0.2) is 0 Å². The Kier molecular flexibility index (Phi) is 24.8. The summed E-state index contributed by atoms with van der Waals surface area (Å²) < 4.78 is 57.7. The van der Waals surface area contributed by atoms with E-state index in [0.717, 1.165) is 120 Å². The summed E-state index contributed by atoms with van der Waals surface area (Å²) in [5.74, 6) is -1.04. The molecule has 74 heavy (non-hydrogen) atoms. The van der Waals surface area contributed by atoms with Crippen LogP contribution in [0.3, 0.4) is 0 Å². The van der Waals surface area contributed by atoms with Gasteiger partial charge in [-0.15, -0.1) is 0 Å². The number of carbonyl (C=O) groups is 5. The fraction of sp³-hybridized carbons (Fsp3) is 0.586. The van der Waals surface area contributed by atoms with E-state index >= 15 is 0 Å². The van der Waals surface area contributed by atoms with Gasteiger partial charge in [0.2, 0.25) is 5.88 Å². The average molecular weight is 1030 g/mol. The molecule has 3 aliphatic rings. The molecule has 3 aliphatic carbocycles. The summed E-state index contributed by atoms with van der Waals surface area (Å²) >= 11 is 0. The number of rotatable bonds is 32. The normalized spacial score (nSPS) is 20.8. The molecule has 404 valence electrons. The van der Waals surface area contributed by atoms with Gasteiger partial charge in [0.05, 0.1) is 68.7 Å². The van der Waals surface area contributed by atoms with Gasteiger partial charge in [-0.3, -0.25) is 9.59 Å². The molecule has 0 amide bonds. The van der Waals surface area contributed by atoms with Crippen LogP contribution in [-0.4, -0.2) is 112 Å². The number of esters is 5. The molecular formula is C58H77NO15. The lowest BCUT2D eigenvalue weighted by Crippen LogP contribution is -2.29. The second-order valence-corrected chi connectivity index (χ2v) is 19.3. The zero-order valence-electron chi connectivity index (χ0n) is 43.2. The molecule has 0 unspecified atom stereocenters. The van der Waals surface area contributed by atoms with Crippen molar-refractivity contribution in [1.82, 2.24) is 4.98 Å². The molecule has 6 rings (SSSR count). The number of benzene rings is 2. The summed E-state index contributed by atoms with van der Waals surface area (Å²) in [6, 6.07) is 11.1. The van der Waals surface area contributed by atoms with Crippen LogP contribution in [-0.2, 0) is 57.1 Å². The Morgan fingerprint density at radius 3 is 1.38 bits per heavy atom. The van der Waals surface area contributed by atoms with Crippen LogP contribution < -0.4 is 14.2 Å². The highest BCUT2D eigenvalue weighted by atomic mass is 16.6. The van der Waals surface area contributed by atoms with Crippen molar-refractivity contribution in [2.24, 2.45) is 11.8 Å². The first kappa shape index (κ1) is 57.6. The van der Waals surface area contributed by atoms with Crippen molar-refractivity contribution >= 4 is 51.5 Å². The molecule has 16 heteroatoms. The molecule has 0 saturated heterocycles. The fourth-order valence-electron chi connectivity index (χ4n) is 9.67. The molecular weight excluding hydrogens is 951 g/mol. The van der Waals surface area contributed by atoms with Gasteiger partial charge in [0.25, 0.3) is 0 Å². The summed E-state index contributed by atoms with van der Waals surface area (Å²) in [7, 11) is 0. The van der Waals surface area contributed by atoms with Gasteiger partial charge in [0.1, 0.15) is 24.2 Å². The van der Waals surface area contributed by atoms with Crippen LogP contribution in [0, 0.1) is 11.8 Å². The Bertz CT molecular complexity index is 2290. The monoisotopic (exact) mass is 1030 g/mol. The third kappa shape index (κ3) is 19.5. The van der Waals surface area contributed by atoms with E-state index in [2.05, 4.69) is 19.7 Å². The number of hydrogen-bond donors (Lipinski definition) is 0. The van der Waals surface area contributed by atoms with Gasteiger partial charge in [-0.25, -0.2) is 19.4 Å². The maximum absolute atomic E-state index is 13.6. The number of unbranched alkanes of at least 4 members (excludes halogenated alkanes) is 6. The van der Waals surface area contributed by atoms with Crippen molar-refractivity contribution in [2.45, 2.75) is 153 Å². The molecule has 0 spiro atoms. The largest absolute Gasteiger partial charge is 0.474 e. The van der Waals surface area contributed by atoms with Crippen molar-refractivity contribution in [3.8, 4) is 17.4 Å². The Balaban J connectivity index is 1.02. The summed E-state index contributed by atoms with van der Waals surface area (Å²) in [5, 5.41) is 2.41. The maximum Gasteiger partial charge on any atom is 0.330 e. The predicted molar refractivity (Wildman–Crippen MR) is 278 cm³/mol. The fourth-order valence-corrected chi connectivity index (χ4v) is 9.67. The minimum Gasteiger partial charge on any atom is -0.474 e. The molecule has 0 bridgehead atoms. The zero-order valence-corrected chi connectivity index (χ0v) is 43.2. The lowest BCUT2D eigenvalue weighted by Gasteiger charge is -2.29. The second-order valence-electron chi connectivity index (χ2n) is 19.3. The van der Waals surface area contributed by atoms with Gasteiger partial charge in [-0.1, -0.05) is 32.6 Å². The highest BCUT2D eigenvalue weighted by Crippen LogP contribution is 2.38. The molecule has 3 fully saturated rings. The minimum absolute atomic E-state index is 0.0495. The number of carbonyl (C=O) groups excluding carboxylic acids is 5. The molecule has 0 N–H and O–H groups in total. The molecule has 1 heterocycles. The summed E-state index contributed by atoms with van der Waals surface area (Å²) in [6.45, 7) is 13.6. The first-order chi connectivity index (χ1) is 36.1. The Morgan fingerprint density at radius 2 is 0.865 bits per heavy atom. The van der Waals surface area contributed by atoms with Crippen molar-refractivity contribution in [2.75, 3.05) is 52.9 Å². The van der Waals surface area contributed by atoms with E-state index in [1.54, 1.807) is 12.1 Å². The maximum atomic E-state index is 13.6. The van der Waals surface area contributed by atoms with Crippen molar-refractivity contribution in [3.63, 3.8) is 0 Å². The number of ether oxygens (including phenoxy) is 10. The van der Waals surface area contributed by atoms with Crippen LogP contribution in [0.25, 0.3) is 21.7 Å². The van der Waals surface area contributed by atoms with Crippen molar-refractivity contribution in [1.29, 1.82) is 0 Å². The molecule has 16 nitrogen and oxygen atoms in total. The third-order valence-electron chi connectivity index (χ3n) is 13.9. The number of nitrogens with zero attached hydrogens (tertiary/aromatic N) is 1. The summed E-state index contributed by atoms with van der Waals surface area (Å²) in [5.41, 5.74) is 0.610. The van der Waals surface area contributed by atoms with E-state index in [1.807, 2.05) is 24.3 Å². The highest BCUT2D eigenvalue weighted by molar-refractivity contribution is 6.08. The smallest absolute Gasteiger partial charge is 0.330 e. The second kappa shape index (κ2) is 31.9. The van der Waals surface area contributed by atoms with Crippen LogP contribution in [0.15, 0.2) is 74.4 Å². The average Bonchev–Trinajstić information content (AvgIpc) is 3.42. The van der Waals surface area contributed by atoms with Crippen LogP contribution >= 0.6 is 0 Å². The van der Waals surface area contributed by atoms with E-state index < -0.39 is 17.9 Å². The highest BCUT2D eigenvalue weighted by Gasteiger charge is 2.31.